The van der Waals surface area contributed by atoms with Crippen molar-refractivity contribution in [3.8, 4) is 0 Å². The van der Waals surface area contributed by atoms with Gasteiger partial charge in [0, 0.05) is 5.56 Å². The number of nitrogens with zero attached hydrogens (tertiary/aromatic N) is 1. The van der Waals surface area contributed by atoms with Crippen LogP contribution in [0.15, 0.2) is 30.3 Å². The van der Waals surface area contributed by atoms with Gasteiger partial charge in [0.1, 0.15) is 25.3 Å². The first-order chi connectivity index (χ1) is 9.49. The van der Waals surface area contributed by atoms with E-state index in [2.05, 4.69) is 19.2 Å². The maximum Gasteiger partial charge on any atom is 0.513 e. The summed E-state index contributed by atoms with van der Waals surface area (Å²) in [7, 11) is -2.18. The minimum atomic E-state index is -4.32. The Bertz CT molecular complexity index is 526. The van der Waals surface area contributed by atoms with E-state index in [0.29, 0.717) is 0 Å². The molecule has 4 nitrogen and oxygen atoms in total. The summed E-state index contributed by atoms with van der Waals surface area (Å²) < 4.78 is 35.4. The van der Waals surface area contributed by atoms with Gasteiger partial charge in [0.25, 0.3) is 0 Å². The van der Waals surface area contributed by atoms with Crippen molar-refractivity contribution in [1.82, 2.24) is 0 Å². The number of halogens is 1. The third kappa shape index (κ3) is 2.82. The van der Waals surface area contributed by atoms with Gasteiger partial charge < -0.3 is 4.48 Å². The summed E-state index contributed by atoms with van der Waals surface area (Å²) in [4.78, 5) is 0. The second-order valence-electron chi connectivity index (χ2n) is 5.93. The first-order valence-electron chi connectivity index (χ1n) is 6.99. The van der Waals surface area contributed by atoms with Crippen LogP contribution >= 0.6 is 7.91 Å². The molecule has 110 valence electrons. The number of hydrogen-bond donors (Lipinski definition) is 0. The Morgan fingerprint density at radius 2 is 2.15 bits per heavy atom. The number of fused-ring (bicyclic) bond motifs is 1. The zero-order valence-corrected chi connectivity index (χ0v) is 12.5. The average molecular weight is 300 g/mol. The van der Waals surface area contributed by atoms with Crippen molar-refractivity contribution in [3.05, 3.63) is 35.9 Å². The molecule has 2 saturated heterocycles. The van der Waals surface area contributed by atoms with Crippen LogP contribution < -0.4 is 0 Å². The van der Waals surface area contributed by atoms with E-state index in [-0.39, 0.29) is 18.8 Å². The predicted octanol–water partition coefficient (Wildman–Crippen LogP) is 3.29. The highest BCUT2D eigenvalue weighted by Crippen LogP contribution is 2.56. The maximum atomic E-state index is 13.4. The molecule has 0 bridgehead atoms. The molecule has 2 fully saturated rings. The average Bonchev–Trinajstić information content (AvgIpc) is 2.38. The summed E-state index contributed by atoms with van der Waals surface area (Å²) in [6, 6.07) is 10.3. The molecule has 4 atom stereocenters. The van der Waals surface area contributed by atoms with Crippen molar-refractivity contribution in [2.75, 3.05) is 20.2 Å². The number of rotatable bonds is 2. The molecule has 0 radical (unpaired) electrons. The highest BCUT2D eigenvalue weighted by atomic mass is 31.2. The topological polar surface area (TPSA) is 35.5 Å². The van der Waals surface area contributed by atoms with Crippen LogP contribution in [-0.2, 0) is 20.2 Å². The Hall–Kier alpha value is -0.740. The molecule has 20 heavy (non-hydrogen) atoms. The van der Waals surface area contributed by atoms with Gasteiger partial charge in [-0.05, 0) is 12.8 Å². The standard InChI is InChI=1S/C14H20FNO3P/c1-16(10-12-6-3-2-4-7-12)9-5-8-14-13(16)11-18-20(15,17)19-14/h2-4,6-7,13-14H,5,8-11H2,1H3/q+1/t13-,14+,16?,20?/m1/s1. The Morgan fingerprint density at radius 1 is 1.40 bits per heavy atom. The zero-order chi connectivity index (χ0) is 14.2. The second-order valence-corrected chi connectivity index (χ2v) is 7.26. The first-order valence-corrected chi connectivity index (χ1v) is 8.43. The fourth-order valence-electron chi connectivity index (χ4n) is 3.38. The number of likely N-dealkylation sites (N-methyl/N-ethyl adjacent to an activating group) is 1. The van der Waals surface area contributed by atoms with Crippen LogP contribution in [0.5, 0.6) is 0 Å². The van der Waals surface area contributed by atoms with Gasteiger partial charge in [-0.3, -0.25) is 9.05 Å². The Kier molecular flexibility index (Phi) is 3.71. The van der Waals surface area contributed by atoms with Gasteiger partial charge in [-0.2, -0.15) is 0 Å². The van der Waals surface area contributed by atoms with Crippen molar-refractivity contribution in [1.29, 1.82) is 0 Å². The maximum absolute atomic E-state index is 13.4. The molecule has 2 aliphatic rings. The van der Waals surface area contributed by atoms with Gasteiger partial charge in [0.2, 0.25) is 0 Å². The summed E-state index contributed by atoms with van der Waals surface area (Å²) in [6.07, 6.45) is 1.40. The van der Waals surface area contributed by atoms with E-state index >= 15 is 0 Å². The van der Waals surface area contributed by atoms with Crippen LogP contribution in [0.1, 0.15) is 18.4 Å². The summed E-state index contributed by atoms with van der Waals surface area (Å²) in [5.74, 6) is 0. The number of benzene rings is 1. The minimum Gasteiger partial charge on any atom is -0.316 e. The molecule has 2 aliphatic heterocycles. The molecular weight excluding hydrogens is 280 g/mol. The largest absolute Gasteiger partial charge is 0.513 e. The van der Waals surface area contributed by atoms with Gasteiger partial charge >= 0.3 is 7.91 Å². The molecule has 0 amide bonds. The molecule has 0 spiro atoms. The molecule has 0 aliphatic carbocycles. The van der Waals surface area contributed by atoms with Gasteiger partial charge in [-0.15, -0.1) is 4.20 Å². The number of piperidine rings is 1. The fourth-order valence-corrected chi connectivity index (χ4v) is 4.34. The highest BCUT2D eigenvalue weighted by molar-refractivity contribution is 7.48. The lowest BCUT2D eigenvalue weighted by atomic mass is 9.95. The number of quaternary nitrogens is 1. The van der Waals surface area contributed by atoms with Crippen molar-refractivity contribution >= 4 is 7.91 Å². The van der Waals surface area contributed by atoms with E-state index in [1.54, 1.807) is 0 Å². The third-order valence-corrected chi connectivity index (χ3v) is 5.41. The highest BCUT2D eigenvalue weighted by Gasteiger charge is 2.50. The zero-order valence-electron chi connectivity index (χ0n) is 11.6. The lowest BCUT2D eigenvalue weighted by molar-refractivity contribution is -0.954. The van der Waals surface area contributed by atoms with Crippen molar-refractivity contribution in [2.24, 2.45) is 0 Å². The second kappa shape index (κ2) is 5.23. The molecule has 0 aromatic heterocycles. The van der Waals surface area contributed by atoms with Crippen molar-refractivity contribution < 1.29 is 22.3 Å². The van der Waals surface area contributed by atoms with Gasteiger partial charge in [-0.1, -0.05) is 30.3 Å². The van der Waals surface area contributed by atoms with E-state index in [1.165, 1.54) is 5.56 Å². The summed E-state index contributed by atoms with van der Waals surface area (Å²) in [6.45, 7) is 2.02. The molecule has 0 saturated carbocycles. The third-order valence-electron chi connectivity index (χ3n) is 4.43. The van der Waals surface area contributed by atoms with E-state index in [9.17, 15) is 8.76 Å². The van der Waals surface area contributed by atoms with Crippen LogP contribution in [0.2, 0.25) is 0 Å². The van der Waals surface area contributed by atoms with Crippen molar-refractivity contribution in [2.45, 2.75) is 31.5 Å². The Balaban J connectivity index is 1.80. The lowest BCUT2D eigenvalue weighted by Crippen LogP contribution is -2.63. The van der Waals surface area contributed by atoms with Crippen molar-refractivity contribution in [3.63, 3.8) is 0 Å². The SMILES string of the molecule is C[N+]1(Cc2ccccc2)CCC[C@@H]2OP(=O)(F)OC[C@H]21. The monoisotopic (exact) mass is 300 g/mol. The fraction of sp³-hybridized carbons (Fsp3) is 0.571. The Morgan fingerprint density at radius 3 is 2.90 bits per heavy atom. The van der Waals surface area contributed by atoms with Crippen LogP contribution in [0, 0.1) is 0 Å². The van der Waals surface area contributed by atoms with Crippen LogP contribution in [0.25, 0.3) is 0 Å². The number of likely N-dealkylation sites (tertiary alicyclic amines) is 1. The first kappa shape index (κ1) is 14.2. The summed E-state index contributed by atoms with van der Waals surface area (Å²) in [5.41, 5.74) is 1.24. The lowest BCUT2D eigenvalue weighted by Gasteiger charge is -2.49. The van der Waals surface area contributed by atoms with Gasteiger partial charge in [0.05, 0.1) is 13.6 Å². The van der Waals surface area contributed by atoms with Crippen LogP contribution in [0.4, 0.5) is 4.20 Å². The smallest absolute Gasteiger partial charge is 0.316 e. The molecule has 1 aromatic rings. The van der Waals surface area contributed by atoms with E-state index < -0.39 is 7.91 Å². The quantitative estimate of drug-likeness (QED) is 0.621. The molecule has 2 unspecified atom stereocenters. The van der Waals surface area contributed by atoms with E-state index in [1.807, 2.05) is 18.2 Å². The molecule has 2 heterocycles. The molecule has 1 aromatic carbocycles. The predicted molar refractivity (Wildman–Crippen MR) is 73.8 cm³/mol. The Labute approximate surface area is 118 Å². The summed E-state index contributed by atoms with van der Waals surface area (Å²) in [5, 5.41) is 0. The van der Waals surface area contributed by atoms with E-state index in [0.717, 1.165) is 30.4 Å². The molecule has 3 rings (SSSR count). The minimum absolute atomic E-state index is 0.0433. The summed E-state index contributed by atoms with van der Waals surface area (Å²) >= 11 is 0. The molecule has 0 N–H and O–H groups in total. The van der Waals surface area contributed by atoms with Crippen LogP contribution in [-0.4, -0.2) is 36.8 Å². The molecular formula is C14H20FNO3P+. The number of hydrogen-bond acceptors (Lipinski definition) is 3. The van der Waals surface area contributed by atoms with E-state index in [4.69, 9.17) is 9.05 Å². The van der Waals surface area contributed by atoms with Gasteiger partial charge in [-0.25, -0.2) is 4.57 Å². The van der Waals surface area contributed by atoms with Gasteiger partial charge in [0.15, 0.2) is 0 Å². The normalized spacial score (nSPS) is 41.1. The molecule has 6 heteroatoms. The van der Waals surface area contributed by atoms with Crippen LogP contribution in [0.3, 0.4) is 0 Å².